The lowest BCUT2D eigenvalue weighted by Crippen LogP contribution is -2.06. The maximum Gasteiger partial charge on any atom is 0.0720 e. The molecule has 0 saturated carbocycles. The van der Waals surface area contributed by atoms with E-state index >= 15 is 0 Å². The van der Waals surface area contributed by atoms with E-state index in [1.165, 1.54) is 33.4 Å². The Bertz CT molecular complexity index is 1710. The normalized spacial score (nSPS) is 18.3. The fourth-order valence-electron chi connectivity index (χ4n) is 5.80. The zero-order chi connectivity index (χ0) is 25.3. The van der Waals surface area contributed by atoms with Crippen LogP contribution in [0.15, 0.2) is 116 Å². The number of aryl methyl sites for hydroxylation is 1. The van der Waals surface area contributed by atoms with E-state index in [0.717, 1.165) is 48.2 Å². The van der Waals surface area contributed by atoms with Crippen LogP contribution in [0.5, 0.6) is 0 Å². The largest absolute Gasteiger partial charge is 0.308 e. The maximum atomic E-state index is 5.09. The van der Waals surface area contributed by atoms with Gasteiger partial charge in [0, 0.05) is 34.5 Å². The van der Waals surface area contributed by atoms with E-state index < -0.39 is 0 Å². The van der Waals surface area contributed by atoms with Crippen LogP contribution < -0.4 is 0 Å². The monoisotopic (exact) mass is 491 g/mol. The molecule has 1 unspecified atom stereocenters. The third kappa shape index (κ3) is 4.10. The van der Waals surface area contributed by atoms with Gasteiger partial charge in [-0.15, -0.1) is 0 Å². The van der Waals surface area contributed by atoms with Gasteiger partial charge in [0.05, 0.1) is 23.1 Å². The molecular weight excluding hydrogens is 462 g/mol. The Morgan fingerprint density at radius 3 is 2.71 bits per heavy atom. The Balaban J connectivity index is 1.27. The summed E-state index contributed by atoms with van der Waals surface area (Å²) in [6.45, 7) is 0. The van der Waals surface area contributed by atoms with Crippen LogP contribution in [0.25, 0.3) is 39.5 Å². The molecule has 3 aliphatic carbocycles. The molecule has 0 fully saturated rings. The van der Waals surface area contributed by atoms with Crippen LogP contribution in [0, 0.1) is 0 Å². The zero-order valence-electron chi connectivity index (χ0n) is 21.3. The van der Waals surface area contributed by atoms with Crippen molar-refractivity contribution in [1.82, 2.24) is 14.5 Å². The molecule has 7 rings (SSSR count). The molecule has 0 radical (unpaired) electrons. The van der Waals surface area contributed by atoms with Crippen molar-refractivity contribution in [1.29, 1.82) is 0 Å². The molecule has 1 aromatic carbocycles. The van der Waals surface area contributed by atoms with E-state index in [1.54, 1.807) is 0 Å². The van der Waals surface area contributed by atoms with E-state index in [1.807, 2.05) is 12.4 Å². The van der Waals surface area contributed by atoms with Crippen molar-refractivity contribution in [2.24, 2.45) is 0 Å². The third-order valence-corrected chi connectivity index (χ3v) is 7.71. The van der Waals surface area contributed by atoms with E-state index in [4.69, 9.17) is 4.98 Å². The lowest BCUT2D eigenvalue weighted by Gasteiger charge is -2.21. The minimum atomic E-state index is 0.292. The van der Waals surface area contributed by atoms with E-state index in [0.29, 0.717) is 5.92 Å². The summed E-state index contributed by atoms with van der Waals surface area (Å²) in [5.41, 5.74) is 10.8. The number of aromatic nitrogens is 3. The highest BCUT2D eigenvalue weighted by Gasteiger charge is 2.21. The number of nitrogens with zero attached hydrogens (tertiary/aromatic N) is 3. The highest BCUT2D eigenvalue weighted by atomic mass is 15.0. The van der Waals surface area contributed by atoms with Gasteiger partial charge in [0.25, 0.3) is 0 Å². The van der Waals surface area contributed by atoms with Gasteiger partial charge in [-0.25, -0.2) is 4.98 Å². The van der Waals surface area contributed by atoms with Gasteiger partial charge in [0.2, 0.25) is 0 Å². The summed E-state index contributed by atoms with van der Waals surface area (Å²) in [6, 6.07) is 17.2. The summed E-state index contributed by atoms with van der Waals surface area (Å²) < 4.78 is 2.39. The van der Waals surface area contributed by atoms with Gasteiger partial charge >= 0.3 is 0 Å². The average molecular weight is 492 g/mol. The molecule has 0 N–H and O–H groups in total. The molecule has 0 saturated heterocycles. The summed E-state index contributed by atoms with van der Waals surface area (Å²) in [5.74, 6) is 0.292. The highest BCUT2D eigenvalue weighted by Crippen LogP contribution is 2.37. The fourth-order valence-corrected chi connectivity index (χ4v) is 5.80. The number of pyridine rings is 2. The minimum absolute atomic E-state index is 0.292. The predicted octanol–water partition coefficient (Wildman–Crippen LogP) is 8.54. The van der Waals surface area contributed by atoms with Crippen LogP contribution in [-0.4, -0.2) is 14.5 Å². The molecule has 3 heteroatoms. The molecule has 0 bridgehead atoms. The molecular formula is C35H29N3. The Kier molecular flexibility index (Phi) is 5.82. The SMILES string of the molecule is C1=CCC=CC(c2cc(C3C=CC(n4c5c(c6ccncc64)CCC=C5)=CC3)cc(-c3ccccc3)n2)=C1. The van der Waals surface area contributed by atoms with Crippen molar-refractivity contribution in [3.05, 3.63) is 138 Å². The molecule has 0 amide bonds. The number of allylic oxidation sites excluding steroid dienone is 11. The van der Waals surface area contributed by atoms with E-state index in [9.17, 15) is 0 Å². The molecule has 0 aliphatic heterocycles. The average Bonchev–Trinajstić information content (AvgIpc) is 3.11. The Labute approximate surface area is 223 Å². The summed E-state index contributed by atoms with van der Waals surface area (Å²) in [7, 11) is 0. The van der Waals surface area contributed by atoms with Crippen LogP contribution in [0.4, 0.5) is 0 Å². The first-order valence-electron chi connectivity index (χ1n) is 13.5. The van der Waals surface area contributed by atoms with Crippen LogP contribution >= 0.6 is 0 Å². The van der Waals surface area contributed by atoms with E-state index in [2.05, 4.69) is 119 Å². The van der Waals surface area contributed by atoms with Gasteiger partial charge in [0.1, 0.15) is 0 Å². The summed E-state index contributed by atoms with van der Waals surface area (Å²) in [5, 5.41) is 1.32. The summed E-state index contributed by atoms with van der Waals surface area (Å²) in [6.07, 6.45) is 30.5. The smallest absolute Gasteiger partial charge is 0.0720 e. The first kappa shape index (κ1) is 22.7. The molecule has 3 aliphatic rings. The molecule has 1 atom stereocenters. The number of hydrogen-bond acceptors (Lipinski definition) is 2. The zero-order valence-corrected chi connectivity index (χ0v) is 21.3. The minimum Gasteiger partial charge on any atom is -0.308 e. The van der Waals surface area contributed by atoms with Gasteiger partial charge in [-0.3, -0.25) is 4.98 Å². The van der Waals surface area contributed by atoms with Crippen LogP contribution in [0.1, 0.15) is 47.7 Å². The highest BCUT2D eigenvalue weighted by molar-refractivity contribution is 5.92. The van der Waals surface area contributed by atoms with E-state index in [-0.39, 0.29) is 0 Å². The number of hydrogen-bond donors (Lipinski definition) is 0. The quantitative estimate of drug-likeness (QED) is 0.286. The lowest BCUT2D eigenvalue weighted by molar-refractivity contribution is 0.844. The van der Waals surface area contributed by atoms with Crippen molar-refractivity contribution in [2.75, 3.05) is 0 Å². The Morgan fingerprint density at radius 2 is 1.82 bits per heavy atom. The molecule has 4 aromatic rings. The van der Waals surface area contributed by atoms with Gasteiger partial charge in [-0.05, 0) is 72.7 Å². The first-order chi connectivity index (χ1) is 18.8. The topological polar surface area (TPSA) is 30.7 Å². The van der Waals surface area contributed by atoms with Crippen molar-refractivity contribution < 1.29 is 0 Å². The lowest BCUT2D eigenvalue weighted by atomic mass is 9.89. The number of fused-ring (bicyclic) bond motifs is 3. The maximum absolute atomic E-state index is 5.09. The third-order valence-electron chi connectivity index (χ3n) is 7.71. The first-order valence-corrected chi connectivity index (χ1v) is 13.5. The van der Waals surface area contributed by atoms with Crippen molar-refractivity contribution in [3.8, 4) is 11.3 Å². The molecule has 0 spiro atoms. The molecule has 184 valence electrons. The number of benzene rings is 1. The second kappa shape index (κ2) is 9.75. The van der Waals surface area contributed by atoms with Crippen LogP contribution in [-0.2, 0) is 6.42 Å². The second-order valence-electron chi connectivity index (χ2n) is 10.1. The van der Waals surface area contributed by atoms with Crippen molar-refractivity contribution >= 4 is 28.2 Å². The molecule has 3 aromatic heterocycles. The Hall–Kier alpha value is -4.50. The van der Waals surface area contributed by atoms with Gasteiger partial charge in [-0.2, -0.15) is 0 Å². The second-order valence-corrected chi connectivity index (χ2v) is 10.1. The fraction of sp³-hybridized carbons (Fsp3) is 0.143. The van der Waals surface area contributed by atoms with Gasteiger partial charge in [-0.1, -0.05) is 78.9 Å². The van der Waals surface area contributed by atoms with Crippen LogP contribution in [0.2, 0.25) is 0 Å². The van der Waals surface area contributed by atoms with Gasteiger partial charge in [0.15, 0.2) is 0 Å². The summed E-state index contributed by atoms with van der Waals surface area (Å²) >= 11 is 0. The molecule has 3 heterocycles. The number of rotatable bonds is 4. The summed E-state index contributed by atoms with van der Waals surface area (Å²) in [4.78, 5) is 9.55. The predicted molar refractivity (Wildman–Crippen MR) is 158 cm³/mol. The van der Waals surface area contributed by atoms with Crippen molar-refractivity contribution in [3.63, 3.8) is 0 Å². The standard InChI is InChI=1S/C35H29N3/c1-2-5-11-26(10-4-1)32-22-28(23-33(37-32)27-12-6-3-7-13-27)25-16-18-29(19-17-25)38-34-15-9-8-14-30(34)31-20-21-36-24-35(31)38/h1,3-7,9-13,15-16,18-25H,2,8,14,17H2. The Morgan fingerprint density at radius 1 is 0.895 bits per heavy atom. The van der Waals surface area contributed by atoms with Gasteiger partial charge < -0.3 is 4.57 Å². The van der Waals surface area contributed by atoms with Crippen molar-refractivity contribution in [2.45, 2.75) is 31.6 Å². The molecule has 38 heavy (non-hydrogen) atoms. The molecule has 3 nitrogen and oxygen atoms in total. The van der Waals surface area contributed by atoms with Crippen LogP contribution in [0.3, 0.4) is 0 Å².